The van der Waals surface area contributed by atoms with Crippen molar-refractivity contribution in [1.82, 2.24) is 10.3 Å². The summed E-state index contributed by atoms with van der Waals surface area (Å²) in [4.78, 5) is 26.1. The van der Waals surface area contributed by atoms with E-state index in [1.54, 1.807) is 12.1 Å². The van der Waals surface area contributed by atoms with Gasteiger partial charge in [-0.15, -0.1) is 0 Å². The fourth-order valence-corrected chi connectivity index (χ4v) is 2.09. The van der Waals surface area contributed by atoms with Gasteiger partial charge in [0.05, 0.1) is 6.20 Å². The Morgan fingerprint density at radius 3 is 2.58 bits per heavy atom. The number of carboxylic acids is 1. The van der Waals surface area contributed by atoms with Gasteiger partial charge in [0, 0.05) is 24.9 Å². The van der Waals surface area contributed by atoms with Gasteiger partial charge in [-0.2, -0.15) is 0 Å². The van der Waals surface area contributed by atoms with Crippen LogP contribution >= 0.6 is 0 Å². The Morgan fingerprint density at radius 1 is 1.33 bits per heavy atom. The molecule has 24 heavy (non-hydrogen) atoms. The van der Waals surface area contributed by atoms with Crippen LogP contribution in [0.4, 0.5) is 4.79 Å². The quantitative estimate of drug-likeness (QED) is 0.816. The molecule has 1 aromatic heterocycles. The van der Waals surface area contributed by atoms with E-state index in [1.807, 2.05) is 20.8 Å². The van der Waals surface area contributed by atoms with Crippen LogP contribution in [0.15, 0.2) is 18.3 Å². The van der Waals surface area contributed by atoms with Crippen molar-refractivity contribution >= 4 is 12.1 Å². The van der Waals surface area contributed by atoms with Crippen molar-refractivity contribution in [3.8, 4) is 11.6 Å². The summed E-state index contributed by atoms with van der Waals surface area (Å²) in [5.74, 6) is -0.255. The zero-order valence-electron chi connectivity index (χ0n) is 13.9. The molecule has 0 bridgehead atoms. The van der Waals surface area contributed by atoms with Crippen LogP contribution in [0, 0.1) is 0 Å². The van der Waals surface area contributed by atoms with Crippen molar-refractivity contribution in [1.29, 1.82) is 0 Å². The van der Waals surface area contributed by atoms with E-state index in [2.05, 4.69) is 10.3 Å². The van der Waals surface area contributed by atoms with Crippen LogP contribution in [0.1, 0.15) is 33.6 Å². The van der Waals surface area contributed by atoms with Crippen molar-refractivity contribution in [3.05, 3.63) is 18.3 Å². The lowest BCUT2D eigenvalue weighted by Crippen LogP contribution is -2.50. The third kappa shape index (κ3) is 5.94. The molecule has 0 aromatic carbocycles. The molecule has 0 saturated heterocycles. The summed E-state index contributed by atoms with van der Waals surface area (Å²) in [6.07, 6.45) is 2.32. The highest BCUT2D eigenvalue weighted by Crippen LogP contribution is 2.26. The first-order valence-electron chi connectivity index (χ1n) is 7.68. The zero-order chi connectivity index (χ0) is 17.7. The van der Waals surface area contributed by atoms with Gasteiger partial charge in [0.25, 0.3) is 0 Å². The molecule has 1 fully saturated rings. The van der Waals surface area contributed by atoms with Crippen molar-refractivity contribution in [2.45, 2.75) is 51.4 Å². The summed E-state index contributed by atoms with van der Waals surface area (Å²) >= 11 is 0. The summed E-state index contributed by atoms with van der Waals surface area (Å²) in [5, 5.41) is 11.3. The van der Waals surface area contributed by atoms with E-state index in [9.17, 15) is 9.59 Å². The maximum atomic E-state index is 11.6. The van der Waals surface area contributed by atoms with E-state index >= 15 is 0 Å². The highest BCUT2D eigenvalue weighted by Gasteiger charge is 2.33. The summed E-state index contributed by atoms with van der Waals surface area (Å²) in [6.45, 7) is 5.03. The molecular formula is C16H22N2O6. The number of rotatable bonds is 6. The van der Waals surface area contributed by atoms with Gasteiger partial charge in [0.1, 0.15) is 17.5 Å². The van der Waals surface area contributed by atoms with Gasteiger partial charge in [-0.3, -0.25) is 0 Å². The summed E-state index contributed by atoms with van der Waals surface area (Å²) in [7, 11) is 0. The van der Waals surface area contributed by atoms with E-state index in [1.165, 1.54) is 6.20 Å². The number of carbonyl (C=O) groups is 2. The van der Waals surface area contributed by atoms with Gasteiger partial charge in [-0.05, 0) is 26.8 Å². The topological polar surface area (TPSA) is 107 Å². The van der Waals surface area contributed by atoms with Crippen LogP contribution < -0.4 is 14.8 Å². The van der Waals surface area contributed by atoms with E-state index < -0.39 is 24.3 Å². The third-order valence-electron chi connectivity index (χ3n) is 3.17. The predicted octanol–water partition coefficient (Wildman–Crippen LogP) is 1.98. The van der Waals surface area contributed by atoms with Gasteiger partial charge in [0.2, 0.25) is 5.88 Å². The molecular weight excluding hydrogens is 316 g/mol. The molecule has 132 valence electrons. The van der Waals surface area contributed by atoms with Gasteiger partial charge < -0.3 is 24.6 Å². The molecule has 0 aliphatic heterocycles. The Kier molecular flexibility index (Phi) is 5.48. The summed E-state index contributed by atoms with van der Waals surface area (Å²) < 4.78 is 15.8. The molecule has 2 rings (SSSR count). The molecule has 1 aliphatic rings. The van der Waals surface area contributed by atoms with Crippen molar-refractivity contribution in [2.75, 3.05) is 6.61 Å². The second-order valence-corrected chi connectivity index (χ2v) is 6.57. The minimum atomic E-state index is -1.05. The number of nitrogens with one attached hydrogen (secondary N) is 1. The SMILES string of the molecule is CC(C)(C)OC(=O)N[C@H]1C[C@@H](Oc2ccc(OCC(=O)O)cn2)C1. The Balaban J connectivity index is 1.69. The predicted molar refractivity (Wildman–Crippen MR) is 84.2 cm³/mol. The molecule has 8 heteroatoms. The molecule has 1 saturated carbocycles. The summed E-state index contributed by atoms with van der Waals surface area (Å²) in [5.41, 5.74) is -0.516. The van der Waals surface area contributed by atoms with E-state index in [0.29, 0.717) is 24.5 Å². The molecule has 0 atom stereocenters. The van der Waals surface area contributed by atoms with E-state index in [-0.39, 0.29) is 12.1 Å². The number of carbonyl (C=O) groups excluding carboxylic acids is 1. The smallest absolute Gasteiger partial charge is 0.407 e. The van der Waals surface area contributed by atoms with E-state index in [0.717, 1.165) is 0 Å². The number of pyridine rings is 1. The Morgan fingerprint density at radius 2 is 2.04 bits per heavy atom. The van der Waals surface area contributed by atoms with Crippen LogP contribution in [0.2, 0.25) is 0 Å². The van der Waals surface area contributed by atoms with Gasteiger partial charge in [-0.1, -0.05) is 0 Å². The molecule has 0 unspecified atom stereocenters. The largest absolute Gasteiger partial charge is 0.480 e. The zero-order valence-corrected chi connectivity index (χ0v) is 13.9. The second-order valence-electron chi connectivity index (χ2n) is 6.57. The number of amides is 1. The van der Waals surface area contributed by atoms with Crippen molar-refractivity contribution in [3.63, 3.8) is 0 Å². The maximum absolute atomic E-state index is 11.6. The first-order chi connectivity index (χ1) is 11.2. The normalized spacial score (nSPS) is 19.8. The van der Waals surface area contributed by atoms with Crippen molar-refractivity contribution < 1.29 is 28.9 Å². The number of hydrogen-bond acceptors (Lipinski definition) is 6. The Labute approximate surface area is 140 Å². The minimum absolute atomic E-state index is 0.0248. The number of alkyl carbamates (subject to hydrolysis) is 1. The van der Waals surface area contributed by atoms with Crippen LogP contribution in [0.5, 0.6) is 11.6 Å². The molecule has 1 amide bonds. The van der Waals surface area contributed by atoms with Crippen LogP contribution in [-0.2, 0) is 9.53 Å². The first kappa shape index (κ1) is 17.8. The lowest BCUT2D eigenvalue weighted by Gasteiger charge is -2.35. The highest BCUT2D eigenvalue weighted by molar-refractivity contribution is 5.68. The standard InChI is InChI=1S/C16H22N2O6/c1-16(2,3)24-15(21)18-10-6-12(7-10)23-13-5-4-11(8-17-13)22-9-14(19)20/h4-5,8,10,12H,6-7,9H2,1-3H3,(H,18,21)(H,19,20)/t10-,12+. The van der Waals surface area contributed by atoms with Gasteiger partial charge in [-0.25, -0.2) is 14.6 Å². The Bertz CT molecular complexity index is 575. The maximum Gasteiger partial charge on any atom is 0.407 e. The first-order valence-corrected chi connectivity index (χ1v) is 7.68. The fraction of sp³-hybridized carbons (Fsp3) is 0.562. The van der Waals surface area contributed by atoms with Gasteiger partial charge in [0.15, 0.2) is 6.61 Å². The number of aromatic nitrogens is 1. The lowest BCUT2D eigenvalue weighted by molar-refractivity contribution is -0.139. The highest BCUT2D eigenvalue weighted by atomic mass is 16.6. The minimum Gasteiger partial charge on any atom is -0.480 e. The van der Waals surface area contributed by atoms with Crippen LogP contribution in [-0.4, -0.2) is 46.5 Å². The average Bonchev–Trinajstić information content (AvgIpc) is 2.42. The third-order valence-corrected chi connectivity index (χ3v) is 3.17. The number of aliphatic carboxylic acids is 1. The number of hydrogen-bond donors (Lipinski definition) is 2. The number of carboxylic acid groups (broad SMARTS) is 1. The Hall–Kier alpha value is -2.51. The molecule has 1 heterocycles. The molecule has 1 aromatic rings. The summed E-state index contributed by atoms with van der Waals surface area (Å²) in [6, 6.07) is 3.25. The molecule has 1 aliphatic carbocycles. The second kappa shape index (κ2) is 7.37. The average molecular weight is 338 g/mol. The van der Waals surface area contributed by atoms with Gasteiger partial charge >= 0.3 is 12.1 Å². The molecule has 2 N–H and O–H groups in total. The monoisotopic (exact) mass is 338 g/mol. The molecule has 8 nitrogen and oxygen atoms in total. The lowest BCUT2D eigenvalue weighted by atomic mass is 9.89. The van der Waals surface area contributed by atoms with Crippen molar-refractivity contribution in [2.24, 2.45) is 0 Å². The fourth-order valence-electron chi connectivity index (χ4n) is 2.09. The number of ether oxygens (including phenoxy) is 3. The molecule has 0 spiro atoms. The van der Waals surface area contributed by atoms with Crippen LogP contribution in [0.3, 0.4) is 0 Å². The molecule has 0 radical (unpaired) electrons. The number of nitrogens with zero attached hydrogens (tertiary/aromatic N) is 1. The van der Waals surface area contributed by atoms with E-state index in [4.69, 9.17) is 19.3 Å². The van der Waals surface area contributed by atoms with Crippen LogP contribution in [0.25, 0.3) is 0 Å².